The van der Waals surface area contributed by atoms with Gasteiger partial charge in [0, 0.05) is 18.9 Å². The van der Waals surface area contributed by atoms with Crippen LogP contribution in [0.25, 0.3) is 11.1 Å². The first-order valence-corrected chi connectivity index (χ1v) is 11.6. The first-order valence-electron chi connectivity index (χ1n) is 9.97. The van der Waals surface area contributed by atoms with Crippen molar-refractivity contribution < 1.29 is 19.1 Å². The van der Waals surface area contributed by atoms with Crippen LogP contribution in [0.2, 0.25) is 0 Å². The third-order valence-electron chi connectivity index (χ3n) is 4.91. The molecule has 0 unspecified atom stereocenters. The number of ether oxygens (including phenoxy) is 2. The van der Waals surface area contributed by atoms with Gasteiger partial charge in [-0.15, -0.1) is 0 Å². The molecule has 30 heavy (non-hydrogen) atoms. The van der Waals surface area contributed by atoms with E-state index in [4.69, 9.17) is 9.47 Å². The Labute approximate surface area is 193 Å². The number of amides is 1. The minimum Gasteiger partial charge on any atom is -0.463 e. The molecule has 0 heterocycles. The highest BCUT2D eigenvalue weighted by atomic mass is 79.9. The number of nitrogens with one attached hydrogen (secondary N) is 1. The Kier molecular flexibility index (Phi) is 7.94. The van der Waals surface area contributed by atoms with Gasteiger partial charge in [-0.1, -0.05) is 80.4 Å². The van der Waals surface area contributed by atoms with Crippen LogP contribution in [0.3, 0.4) is 0 Å². The summed E-state index contributed by atoms with van der Waals surface area (Å²) in [7, 11) is 0. The number of alkyl carbamates (subject to hydrolysis) is 1. The molecule has 1 N–H and O–H groups in total. The van der Waals surface area contributed by atoms with E-state index in [1.165, 1.54) is 22.3 Å². The SMILES string of the molecule is CC(Br)(Br)COC(=O)CCCCNC(=O)OCC1c2ccccc2-c2ccccc21. The zero-order valence-corrected chi connectivity index (χ0v) is 20.0. The van der Waals surface area contributed by atoms with E-state index in [9.17, 15) is 9.59 Å². The molecule has 0 aliphatic heterocycles. The minimum absolute atomic E-state index is 0.0486. The Morgan fingerprint density at radius 2 is 1.57 bits per heavy atom. The lowest BCUT2D eigenvalue weighted by molar-refractivity contribution is -0.143. The summed E-state index contributed by atoms with van der Waals surface area (Å²) < 4.78 is 10.2. The number of hydrogen-bond donors (Lipinski definition) is 1. The summed E-state index contributed by atoms with van der Waals surface area (Å²) in [6.45, 7) is 2.87. The van der Waals surface area contributed by atoms with Crippen molar-refractivity contribution in [3.63, 3.8) is 0 Å². The monoisotopic (exact) mass is 537 g/mol. The maximum absolute atomic E-state index is 12.1. The van der Waals surface area contributed by atoms with Crippen LogP contribution in [-0.2, 0) is 14.3 Å². The molecule has 7 heteroatoms. The normalized spacial score (nSPS) is 12.8. The van der Waals surface area contributed by atoms with Gasteiger partial charge in [-0.05, 0) is 42.0 Å². The van der Waals surface area contributed by atoms with Crippen LogP contribution in [0.4, 0.5) is 4.79 Å². The Balaban J connectivity index is 1.38. The van der Waals surface area contributed by atoms with E-state index in [1.54, 1.807) is 0 Å². The van der Waals surface area contributed by atoms with E-state index in [0.717, 1.165) is 0 Å². The second-order valence-corrected chi connectivity index (χ2v) is 12.0. The van der Waals surface area contributed by atoms with Crippen LogP contribution in [0.15, 0.2) is 48.5 Å². The van der Waals surface area contributed by atoms with Crippen molar-refractivity contribution in [3.8, 4) is 11.1 Å². The molecule has 1 amide bonds. The van der Waals surface area contributed by atoms with Crippen molar-refractivity contribution in [3.05, 3.63) is 59.7 Å². The summed E-state index contributed by atoms with van der Waals surface area (Å²) in [5.74, 6) is -0.200. The van der Waals surface area contributed by atoms with Gasteiger partial charge in [-0.2, -0.15) is 0 Å². The van der Waals surface area contributed by atoms with E-state index >= 15 is 0 Å². The third kappa shape index (κ3) is 6.32. The average Bonchev–Trinajstić information content (AvgIpc) is 3.04. The molecular formula is C23H25Br2NO4. The number of benzene rings is 2. The fourth-order valence-corrected chi connectivity index (χ4v) is 3.74. The van der Waals surface area contributed by atoms with Gasteiger partial charge in [-0.25, -0.2) is 4.79 Å². The third-order valence-corrected chi connectivity index (χ3v) is 5.37. The molecule has 0 spiro atoms. The van der Waals surface area contributed by atoms with Gasteiger partial charge in [0.15, 0.2) is 0 Å². The van der Waals surface area contributed by atoms with Gasteiger partial charge in [-0.3, -0.25) is 4.79 Å². The lowest BCUT2D eigenvalue weighted by atomic mass is 9.98. The Morgan fingerprint density at radius 1 is 0.967 bits per heavy atom. The number of halogens is 2. The summed E-state index contributed by atoms with van der Waals surface area (Å²) in [4.78, 5) is 23.8. The van der Waals surface area contributed by atoms with Gasteiger partial charge in [0.25, 0.3) is 0 Å². The number of fused-ring (bicyclic) bond motifs is 3. The van der Waals surface area contributed by atoms with Crippen LogP contribution in [0.1, 0.15) is 43.2 Å². The molecule has 0 atom stereocenters. The molecule has 0 radical (unpaired) electrons. The Bertz CT molecular complexity index is 849. The van der Waals surface area contributed by atoms with Gasteiger partial charge < -0.3 is 14.8 Å². The van der Waals surface area contributed by atoms with E-state index < -0.39 is 9.33 Å². The summed E-state index contributed by atoms with van der Waals surface area (Å²) in [5, 5.41) is 2.76. The van der Waals surface area contributed by atoms with Crippen LogP contribution in [0.5, 0.6) is 0 Å². The summed E-state index contributed by atoms with van der Waals surface area (Å²) in [6, 6.07) is 16.5. The molecule has 1 aliphatic rings. The predicted octanol–water partition coefficient (Wildman–Crippen LogP) is 5.74. The zero-order valence-electron chi connectivity index (χ0n) is 16.8. The Hall–Kier alpha value is -1.86. The molecule has 0 bridgehead atoms. The Morgan fingerprint density at radius 3 is 2.17 bits per heavy atom. The molecule has 5 nitrogen and oxygen atoms in total. The first kappa shape index (κ1) is 22.8. The fraction of sp³-hybridized carbons (Fsp3) is 0.391. The molecular weight excluding hydrogens is 514 g/mol. The molecule has 0 fully saturated rings. The molecule has 3 rings (SSSR count). The predicted molar refractivity (Wildman–Crippen MR) is 124 cm³/mol. The number of hydrogen-bond acceptors (Lipinski definition) is 4. The summed E-state index contributed by atoms with van der Waals surface area (Å²) in [5.41, 5.74) is 4.78. The van der Waals surface area contributed by atoms with E-state index in [2.05, 4.69) is 61.4 Å². The maximum Gasteiger partial charge on any atom is 0.407 e. The molecule has 0 saturated heterocycles. The van der Waals surface area contributed by atoms with Gasteiger partial charge in [0.05, 0.1) is 0 Å². The van der Waals surface area contributed by atoms with E-state index in [0.29, 0.717) is 32.4 Å². The van der Waals surface area contributed by atoms with Crippen molar-refractivity contribution in [2.24, 2.45) is 0 Å². The first-order chi connectivity index (χ1) is 14.3. The topological polar surface area (TPSA) is 64.6 Å². The fourth-order valence-electron chi connectivity index (χ4n) is 3.51. The summed E-state index contributed by atoms with van der Waals surface area (Å²) >= 11 is 6.70. The highest BCUT2D eigenvalue weighted by Crippen LogP contribution is 2.44. The van der Waals surface area contributed by atoms with Crippen molar-refractivity contribution in [2.45, 2.75) is 35.3 Å². The lowest BCUT2D eigenvalue weighted by Gasteiger charge is -2.15. The molecule has 160 valence electrons. The minimum atomic E-state index is -0.436. The number of rotatable bonds is 9. The quantitative estimate of drug-likeness (QED) is 0.251. The zero-order chi connectivity index (χ0) is 21.6. The van der Waals surface area contributed by atoms with Gasteiger partial charge >= 0.3 is 12.1 Å². The van der Waals surface area contributed by atoms with Crippen molar-refractivity contribution in [2.75, 3.05) is 19.8 Å². The van der Waals surface area contributed by atoms with Crippen LogP contribution >= 0.6 is 31.9 Å². The van der Waals surface area contributed by atoms with Gasteiger partial charge in [0.2, 0.25) is 0 Å². The number of carbonyl (C=O) groups excluding carboxylic acids is 2. The molecule has 2 aromatic carbocycles. The van der Waals surface area contributed by atoms with Crippen molar-refractivity contribution in [1.82, 2.24) is 5.32 Å². The number of alkyl halides is 2. The smallest absolute Gasteiger partial charge is 0.407 e. The average molecular weight is 539 g/mol. The van der Waals surface area contributed by atoms with Crippen molar-refractivity contribution in [1.29, 1.82) is 0 Å². The van der Waals surface area contributed by atoms with E-state index in [1.807, 2.05) is 31.2 Å². The highest BCUT2D eigenvalue weighted by Gasteiger charge is 2.28. The molecule has 2 aromatic rings. The van der Waals surface area contributed by atoms with Gasteiger partial charge in [0.1, 0.15) is 16.4 Å². The summed E-state index contributed by atoms with van der Waals surface area (Å²) in [6.07, 6.45) is 1.21. The molecule has 1 aliphatic carbocycles. The number of esters is 1. The van der Waals surface area contributed by atoms with Crippen LogP contribution < -0.4 is 5.32 Å². The second-order valence-electron chi connectivity index (χ2n) is 7.44. The largest absolute Gasteiger partial charge is 0.463 e. The number of carbonyl (C=O) groups is 2. The standard InChI is InChI=1S/C23H25Br2NO4/c1-23(24,25)15-30-21(27)12-6-7-13-26-22(28)29-14-20-18-10-4-2-8-16(18)17-9-3-5-11-19(17)20/h2-5,8-11,20H,6-7,12-15H2,1H3,(H,26,28). The van der Waals surface area contributed by atoms with Crippen molar-refractivity contribution >= 4 is 43.9 Å². The molecule has 0 aromatic heterocycles. The van der Waals surface area contributed by atoms with Crippen LogP contribution in [-0.4, -0.2) is 35.1 Å². The molecule has 0 saturated carbocycles. The van der Waals surface area contributed by atoms with E-state index in [-0.39, 0.29) is 18.5 Å². The second kappa shape index (κ2) is 10.4. The lowest BCUT2D eigenvalue weighted by Crippen LogP contribution is -2.27. The highest BCUT2D eigenvalue weighted by molar-refractivity contribution is 9.25. The number of unbranched alkanes of at least 4 members (excludes halogenated alkanes) is 1. The maximum atomic E-state index is 12.1. The van der Waals surface area contributed by atoms with Crippen LogP contribution in [0, 0.1) is 0 Å².